The largest absolute Gasteiger partial charge is 0.373 e. The molecule has 0 spiro atoms. The Morgan fingerprint density at radius 1 is 1.18 bits per heavy atom. The Morgan fingerprint density at radius 2 is 1.76 bits per heavy atom. The summed E-state index contributed by atoms with van der Waals surface area (Å²) in [5.74, 6) is 0. The molecule has 0 saturated carbocycles. The molecule has 0 amide bonds. The molecular formula is C14H30N2O. The number of hydrogen-bond acceptors (Lipinski definition) is 3. The molecule has 1 saturated heterocycles. The van der Waals surface area contributed by atoms with E-state index in [2.05, 4.69) is 32.6 Å². The third kappa shape index (κ3) is 5.84. The molecule has 1 aliphatic rings. The highest BCUT2D eigenvalue weighted by atomic mass is 16.5. The van der Waals surface area contributed by atoms with Gasteiger partial charge in [-0.3, -0.25) is 4.90 Å². The molecule has 1 aliphatic heterocycles. The van der Waals surface area contributed by atoms with Crippen LogP contribution < -0.4 is 5.73 Å². The van der Waals surface area contributed by atoms with Crippen LogP contribution in [-0.2, 0) is 4.74 Å². The molecule has 17 heavy (non-hydrogen) atoms. The van der Waals surface area contributed by atoms with Gasteiger partial charge in [0.05, 0.1) is 12.2 Å². The van der Waals surface area contributed by atoms with E-state index in [-0.39, 0.29) is 0 Å². The molecule has 0 radical (unpaired) electrons. The summed E-state index contributed by atoms with van der Waals surface area (Å²) in [6, 6.07) is 0. The normalized spacial score (nSPS) is 27.4. The Labute approximate surface area is 107 Å². The van der Waals surface area contributed by atoms with Crippen molar-refractivity contribution in [2.24, 2.45) is 11.1 Å². The van der Waals surface area contributed by atoms with E-state index in [1.165, 1.54) is 25.8 Å². The minimum absolute atomic E-state index is 0.311. The predicted octanol–water partition coefficient (Wildman–Crippen LogP) is 2.25. The molecule has 0 aliphatic carbocycles. The van der Waals surface area contributed by atoms with Gasteiger partial charge in [-0.1, -0.05) is 20.3 Å². The van der Waals surface area contributed by atoms with Crippen molar-refractivity contribution < 1.29 is 4.74 Å². The number of hydrogen-bond donors (Lipinski definition) is 1. The number of rotatable bonds is 6. The Bertz CT molecular complexity index is 208. The van der Waals surface area contributed by atoms with Crippen LogP contribution in [0.3, 0.4) is 0 Å². The lowest BCUT2D eigenvalue weighted by atomic mass is 9.87. The summed E-state index contributed by atoms with van der Waals surface area (Å²) in [5.41, 5.74) is 6.05. The van der Waals surface area contributed by atoms with Crippen LogP contribution in [-0.4, -0.2) is 43.3 Å². The van der Waals surface area contributed by atoms with Crippen LogP contribution in [0, 0.1) is 5.41 Å². The highest BCUT2D eigenvalue weighted by Crippen LogP contribution is 2.21. The molecule has 102 valence electrons. The Balaban J connectivity index is 2.14. The minimum Gasteiger partial charge on any atom is -0.373 e. The second-order valence-electron chi connectivity index (χ2n) is 6.34. The third-order valence-electron chi connectivity index (χ3n) is 3.63. The predicted molar refractivity (Wildman–Crippen MR) is 73.1 cm³/mol. The fraction of sp³-hybridized carbons (Fsp3) is 1.00. The molecule has 3 nitrogen and oxygen atoms in total. The molecule has 3 heteroatoms. The molecule has 0 aromatic heterocycles. The number of morpholine rings is 1. The monoisotopic (exact) mass is 242 g/mol. The summed E-state index contributed by atoms with van der Waals surface area (Å²) in [6.45, 7) is 13.0. The fourth-order valence-corrected chi connectivity index (χ4v) is 2.51. The van der Waals surface area contributed by atoms with E-state index in [1.807, 2.05) is 0 Å². The van der Waals surface area contributed by atoms with Crippen LogP contribution >= 0.6 is 0 Å². The van der Waals surface area contributed by atoms with Crippen molar-refractivity contribution in [3.63, 3.8) is 0 Å². The van der Waals surface area contributed by atoms with Crippen LogP contribution in [0.5, 0.6) is 0 Å². The third-order valence-corrected chi connectivity index (χ3v) is 3.63. The molecule has 1 heterocycles. The zero-order chi connectivity index (χ0) is 12.9. The Hall–Kier alpha value is -0.120. The van der Waals surface area contributed by atoms with E-state index in [0.717, 1.165) is 19.6 Å². The van der Waals surface area contributed by atoms with Crippen molar-refractivity contribution in [1.29, 1.82) is 0 Å². The first-order valence-corrected chi connectivity index (χ1v) is 7.01. The van der Waals surface area contributed by atoms with Gasteiger partial charge in [0.15, 0.2) is 0 Å². The molecule has 2 atom stereocenters. The lowest BCUT2D eigenvalue weighted by Crippen LogP contribution is -2.45. The highest BCUT2D eigenvalue weighted by molar-refractivity contribution is 4.74. The minimum atomic E-state index is 0.311. The summed E-state index contributed by atoms with van der Waals surface area (Å²) in [6.07, 6.45) is 4.57. The van der Waals surface area contributed by atoms with Crippen LogP contribution in [0.25, 0.3) is 0 Å². The van der Waals surface area contributed by atoms with Gasteiger partial charge in [-0.25, -0.2) is 0 Å². The molecule has 1 fully saturated rings. The van der Waals surface area contributed by atoms with Crippen molar-refractivity contribution >= 4 is 0 Å². The van der Waals surface area contributed by atoms with Crippen LogP contribution in [0.4, 0.5) is 0 Å². The summed E-state index contributed by atoms with van der Waals surface area (Å²) in [4.78, 5) is 2.54. The van der Waals surface area contributed by atoms with Gasteiger partial charge < -0.3 is 10.5 Å². The standard InChI is InChI=1S/C14H30N2O/c1-12-9-16(10-13(2)17-12)8-6-5-7-14(3,4)11-15/h12-13H,5-11,15H2,1-4H3. The van der Waals surface area contributed by atoms with Gasteiger partial charge in [0.1, 0.15) is 0 Å². The number of unbranched alkanes of at least 4 members (excludes halogenated alkanes) is 1. The topological polar surface area (TPSA) is 38.5 Å². The SMILES string of the molecule is CC1CN(CCCCC(C)(C)CN)CC(C)O1. The average molecular weight is 242 g/mol. The van der Waals surface area contributed by atoms with Gasteiger partial charge in [0.25, 0.3) is 0 Å². The van der Waals surface area contributed by atoms with E-state index < -0.39 is 0 Å². The smallest absolute Gasteiger partial charge is 0.0678 e. The first-order chi connectivity index (χ1) is 7.93. The summed E-state index contributed by atoms with van der Waals surface area (Å²) in [7, 11) is 0. The molecular weight excluding hydrogens is 212 g/mol. The summed E-state index contributed by atoms with van der Waals surface area (Å²) >= 11 is 0. The maximum Gasteiger partial charge on any atom is 0.0678 e. The molecule has 2 unspecified atom stereocenters. The van der Waals surface area contributed by atoms with Gasteiger partial charge in [-0.15, -0.1) is 0 Å². The maximum atomic E-state index is 5.74. The van der Waals surface area contributed by atoms with Gasteiger partial charge >= 0.3 is 0 Å². The van der Waals surface area contributed by atoms with Crippen LogP contribution in [0.15, 0.2) is 0 Å². The zero-order valence-electron chi connectivity index (χ0n) is 12.0. The van der Waals surface area contributed by atoms with Crippen molar-refractivity contribution in [3.05, 3.63) is 0 Å². The van der Waals surface area contributed by atoms with E-state index in [0.29, 0.717) is 17.6 Å². The summed E-state index contributed by atoms with van der Waals surface area (Å²) in [5, 5.41) is 0. The highest BCUT2D eigenvalue weighted by Gasteiger charge is 2.21. The zero-order valence-corrected chi connectivity index (χ0v) is 12.0. The van der Waals surface area contributed by atoms with Gasteiger partial charge in [-0.05, 0) is 45.2 Å². The van der Waals surface area contributed by atoms with E-state index in [1.54, 1.807) is 0 Å². The maximum absolute atomic E-state index is 5.74. The van der Waals surface area contributed by atoms with Gasteiger partial charge in [-0.2, -0.15) is 0 Å². The first kappa shape index (κ1) is 14.9. The Morgan fingerprint density at radius 3 is 2.29 bits per heavy atom. The van der Waals surface area contributed by atoms with Crippen LogP contribution in [0.2, 0.25) is 0 Å². The van der Waals surface area contributed by atoms with E-state index >= 15 is 0 Å². The lowest BCUT2D eigenvalue weighted by Gasteiger charge is -2.35. The number of nitrogens with two attached hydrogens (primary N) is 1. The lowest BCUT2D eigenvalue weighted by molar-refractivity contribution is -0.0682. The molecule has 2 N–H and O–H groups in total. The molecule has 0 bridgehead atoms. The second kappa shape index (κ2) is 6.72. The van der Waals surface area contributed by atoms with Gasteiger partial charge in [0, 0.05) is 13.1 Å². The van der Waals surface area contributed by atoms with Crippen molar-refractivity contribution in [2.45, 2.75) is 59.2 Å². The molecule has 1 rings (SSSR count). The molecule has 0 aromatic rings. The van der Waals surface area contributed by atoms with Gasteiger partial charge in [0.2, 0.25) is 0 Å². The number of nitrogens with zero attached hydrogens (tertiary/aromatic N) is 1. The van der Waals surface area contributed by atoms with E-state index in [4.69, 9.17) is 10.5 Å². The Kier molecular flexibility index (Phi) is 5.90. The molecule has 0 aromatic carbocycles. The fourth-order valence-electron chi connectivity index (χ4n) is 2.51. The van der Waals surface area contributed by atoms with E-state index in [9.17, 15) is 0 Å². The first-order valence-electron chi connectivity index (χ1n) is 7.01. The summed E-state index contributed by atoms with van der Waals surface area (Å²) < 4.78 is 5.74. The van der Waals surface area contributed by atoms with Crippen molar-refractivity contribution in [2.75, 3.05) is 26.2 Å². The number of ether oxygens (including phenoxy) is 1. The van der Waals surface area contributed by atoms with Crippen molar-refractivity contribution in [3.8, 4) is 0 Å². The van der Waals surface area contributed by atoms with Crippen LogP contribution in [0.1, 0.15) is 47.0 Å². The average Bonchev–Trinajstić information content (AvgIpc) is 2.23. The van der Waals surface area contributed by atoms with Crippen molar-refractivity contribution in [1.82, 2.24) is 4.90 Å². The quantitative estimate of drug-likeness (QED) is 0.726. The second-order valence-corrected chi connectivity index (χ2v) is 6.34.